The van der Waals surface area contributed by atoms with Gasteiger partial charge in [0.2, 0.25) is 0 Å². The Kier molecular flexibility index (Phi) is 15.7. The first-order valence-corrected chi connectivity index (χ1v) is 22.7. The molecule has 15 heteroatoms. The van der Waals surface area contributed by atoms with E-state index in [-0.39, 0.29) is 43.2 Å². The van der Waals surface area contributed by atoms with Crippen LogP contribution in [0, 0.1) is 11.3 Å². The van der Waals surface area contributed by atoms with Gasteiger partial charge in [-0.25, -0.2) is 19.6 Å². The van der Waals surface area contributed by atoms with Crippen LogP contribution in [0.15, 0.2) is 122 Å². The Hall–Kier alpha value is -5.78. The van der Waals surface area contributed by atoms with Crippen molar-refractivity contribution in [1.82, 2.24) is 24.2 Å². The first-order chi connectivity index (χ1) is 31.2. The Bertz CT molecular complexity index is 2390. The number of carbonyl (C=O) groups is 1. The molecule has 1 N–H and O–H groups in total. The maximum Gasteiger partial charge on any atom is 0.259 e. The number of rotatable bonds is 21. The van der Waals surface area contributed by atoms with E-state index in [0.717, 1.165) is 28.2 Å². The maximum absolute atomic E-state index is 13.2. The van der Waals surface area contributed by atoms with Crippen molar-refractivity contribution in [3.63, 3.8) is 0 Å². The van der Waals surface area contributed by atoms with E-state index >= 15 is 0 Å². The van der Waals surface area contributed by atoms with Gasteiger partial charge < -0.3 is 37.9 Å². The smallest absolute Gasteiger partial charge is 0.259 e. The van der Waals surface area contributed by atoms with E-state index < -0.39 is 20.2 Å². The maximum atomic E-state index is 13.2. The zero-order chi connectivity index (χ0) is 45.1. The van der Waals surface area contributed by atoms with Crippen molar-refractivity contribution in [1.29, 1.82) is 5.26 Å². The molecule has 1 aliphatic rings. The molecule has 0 saturated carbocycles. The molecule has 2 aromatic heterocycles. The van der Waals surface area contributed by atoms with Gasteiger partial charge in [-0.15, -0.1) is 0 Å². The molecule has 1 fully saturated rings. The molecule has 0 aliphatic carbocycles. The van der Waals surface area contributed by atoms with Crippen LogP contribution in [-0.4, -0.2) is 88.4 Å². The third-order valence-electron chi connectivity index (χ3n) is 11.2. The number of hydrogen-bond acceptors (Lipinski definition) is 12. The van der Waals surface area contributed by atoms with Gasteiger partial charge in [-0.2, -0.15) is 5.26 Å². The predicted molar refractivity (Wildman–Crippen MR) is 246 cm³/mol. The van der Waals surface area contributed by atoms with Crippen LogP contribution in [0.1, 0.15) is 80.0 Å². The van der Waals surface area contributed by atoms with Gasteiger partial charge in [0.15, 0.2) is 17.0 Å². The van der Waals surface area contributed by atoms with Crippen LogP contribution in [0.4, 0.5) is 5.82 Å². The number of hydrogen-bond donors (Lipinski definition) is 1. The van der Waals surface area contributed by atoms with E-state index in [9.17, 15) is 10.1 Å². The molecule has 3 heterocycles. The Morgan fingerprint density at radius 3 is 2.06 bits per heavy atom. The van der Waals surface area contributed by atoms with Crippen molar-refractivity contribution < 1.29 is 32.8 Å². The van der Waals surface area contributed by atoms with Gasteiger partial charge >= 0.3 is 0 Å². The molecule has 1 saturated heterocycles. The van der Waals surface area contributed by atoms with Crippen LogP contribution >= 0.6 is 8.53 Å². The Morgan fingerprint density at radius 1 is 0.859 bits per heavy atom. The highest BCUT2D eigenvalue weighted by atomic mass is 31.2. The van der Waals surface area contributed by atoms with E-state index in [0.29, 0.717) is 48.6 Å². The molecule has 1 aliphatic heterocycles. The summed E-state index contributed by atoms with van der Waals surface area (Å²) in [6, 6.07) is 37.2. The zero-order valence-electron chi connectivity index (χ0n) is 37.2. The van der Waals surface area contributed by atoms with E-state index in [4.69, 9.17) is 33.0 Å². The highest BCUT2D eigenvalue weighted by molar-refractivity contribution is 7.44. The fraction of sp³-hybridized carbons (Fsp3) is 0.367. The van der Waals surface area contributed by atoms with E-state index in [1.807, 2.05) is 89.5 Å². The lowest BCUT2D eigenvalue weighted by atomic mass is 9.80. The highest BCUT2D eigenvalue weighted by Crippen LogP contribution is 2.51. The summed E-state index contributed by atoms with van der Waals surface area (Å²) < 4.78 is 42.7. The van der Waals surface area contributed by atoms with Crippen LogP contribution in [0.3, 0.4) is 0 Å². The summed E-state index contributed by atoms with van der Waals surface area (Å²) in [5, 5.41) is 12.4. The number of carbonyl (C=O) groups excluding carboxylic acids is 1. The molecule has 4 aromatic carbocycles. The van der Waals surface area contributed by atoms with Gasteiger partial charge in [0.1, 0.15) is 29.5 Å². The number of fused-ring (bicyclic) bond motifs is 1. The molecular formula is C49H56N7O7P. The third kappa shape index (κ3) is 10.3. The molecule has 6 aromatic rings. The summed E-state index contributed by atoms with van der Waals surface area (Å²) in [5.41, 5.74) is 3.34. The van der Waals surface area contributed by atoms with Crippen molar-refractivity contribution in [2.75, 3.05) is 39.4 Å². The zero-order valence-corrected chi connectivity index (χ0v) is 38.1. The van der Waals surface area contributed by atoms with Gasteiger partial charge in [0.05, 0.1) is 58.4 Å². The predicted octanol–water partition coefficient (Wildman–Crippen LogP) is 9.49. The summed E-state index contributed by atoms with van der Waals surface area (Å²) in [7, 11) is 1.66. The first-order valence-electron chi connectivity index (χ1n) is 21.6. The summed E-state index contributed by atoms with van der Waals surface area (Å²) in [6.45, 7) is 9.33. The number of benzene rings is 4. The number of nitrogens with zero attached hydrogens (tertiary/aromatic N) is 6. The van der Waals surface area contributed by atoms with Crippen LogP contribution in [0.2, 0.25) is 0 Å². The number of imidazole rings is 1. The monoisotopic (exact) mass is 885 g/mol. The number of ether oxygens (including phenoxy) is 4. The minimum absolute atomic E-state index is 0.0837. The van der Waals surface area contributed by atoms with E-state index in [1.54, 1.807) is 32.7 Å². The SMILES string of the molecule is COc1ccc(C(OCCC[C@@H]2OC[C@H](n3cnc4c(NC(=O)c5ccccc5)ncnc43)[C@H]2OP(OCCC#N)N(C(C)C)C(C)C)(c2ccccc2)c2ccc(OC)cc2)cc1. The van der Waals surface area contributed by atoms with Gasteiger partial charge in [0, 0.05) is 24.3 Å². The molecule has 4 atom stereocenters. The second kappa shape index (κ2) is 21.7. The fourth-order valence-corrected chi connectivity index (χ4v) is 10.0. The van der Waals surface area contributed by atoms with Crippen molar-refractivity contribution in [3.8, 4) is 17.6 Å². The van der Waals surface area contributed by atoms with E-state index in [1.165, 1.54) is 6.33 Å². The summed E-state index contributed by atoms with van der Waals surface area (Å²) >= 11 is 0. The molecule has 64 heavy (non-hydrogen) atoms. The molecule has 0 spiro atoms. The van der Waals surface area contributed by atoms with Crippen LogP contribution in [0.25, 0.3) is 11.2 Å². The van der Waals surface area contributed by atoms with Crippen molar-refractivity contribution >= 4 is 31.4 Å². The van der Waals surface area contributed by atoms with Gasteiger partial charge in [-0.1, -0.05) is 72.8 Å². The molecule has 1 unspecified atom stereocenters. The quantitative estimate of drug-likeness (QED) is 0.0416. The summed E-state index contributed by atoms with van der Waals surface area (Å²) in [5.74, 6) is 1.48. The van der Waals surface area contributed by atoms with Crippen molar-refractivity contribution in [3.05, 3.63) is 144 Å². The standard InChI is InChI=1S/C49H56N7O7P/c1-34(2)56(35(3)4)64(62-30-14-28-50)63-45-42(55-33-53-44-46(51-32-52-47(44)55)54-48(57)36-15-9-7-10-16-36)31-60-43(45)19-13-29-61-49(37-17-11-8-12-18-37,38-20-24-40(58-5)25-21-38)39-22-26-41(59-6)27-23-39/h7-12,15-18,20-27,32-35,42-43,45H,13-14,19,29-31H2,1-6H3,(H,51,52,54,57)/t42-,43-,45+,64?/m0/s1. The number of aromatic nitrogens is 4. The Morgan fingerprint density at radius 2 is 1.47 bits per heavy atom. The Labute approximate surface area is 376 Å². The lowest BCUT2D eigenvalue weighted by molar-refractivity contribution is -0.00494. The topological polar surface area (TPSA) is 155 Å². The molecule has 14 nitrogen and oxygen atoms in total. The molecule has 334 valence electrons. The van der Waals surface area contributed by atoms with Crippen molar-refractivity contribution in [2.45, 2.75) is 82.9 Å². The average molecular weight is 886 g/mol. The fourth-order valence-electron chi connectivity index (χ4n) is 8.22. The third-order valence-corrected chi connectivity index (χ3v) is 13.3. The number of nitriles is 1. The molecule has 7 rings (SSSR count). The minimum atomic E-state index is -1.65. The highest BCUT2D eigenvalue weighted by Gasteiger charge is 2.44. The largest absolute Gasteiger partial charge is 0.497 e. The number of amides is 1. The molecule has 1 amide bonds. The molecule has 0 bridgehead atoms. The van der Waals surface area contributed by atoms with Gasteiger partial charge in [-0.3, -0.25) is 4.79 Å². The second-order valence-electron chi connectivity index (χ2n) is 15.9. The molecular weight excluding hydrogens is 830 g/mol. The molecule has 0 radical (unpaired) electrons. The number of anilines is 1. The van der Waals surface area contributed by atoms with Gasteiger partial charge in [0.25, 0.3) is 14.4 Å². The number of methoxy groups -OCH3 is 2. The average Bonchev–Trinajstić information content (AvgIpc) is 3.93. The van der Waals surface area contributed by atoms with Crippen LogP contribution < -0.4 is 14.8 Å². The van der Waals surface area contributed by atoms with Crippen LogP contribution in [-0.2, 0) is 24.1 Å². The van der Waals surface area contributed by atoms with Gasteiger partial charge in [-0.05, 0) is 93.6 Å². The minimum Gasteiger partial charge on any atom is -0.497 e. The van der Waals surface area contributed by atoms with E-state index in [2.05, 4.69) is 65.9 Å². The first kappa shape index (κ1) is 46.2. The lowest BCUT2D eigenvalue weighted by Crippen LogP contribution is -2.38. The second-order valence-corrected chi connectivity index (χ2v) is 17.3. The Balaban J connectivity index is 1.20. The van der Waals surface area contributed by atoms with Crippen LogP contribution in [0.5, 0.6) is 11.5 Å². The summed E-state index contributed by atoms with van der Waals surface area (Å²) in [4.78, 5) is 27.0. The summed E-state index contributed by atoms with van der Waals surface area (Å²) in [6.07, 6.45) is 3.64. The van der Waals surface area contributed by atoms with Crippen molar-refractivity contribution in [2.24, 2.45) is 0 Å². The number of nitrogens with one attached hydrogen (secondary N) is 1. The lowest BCUT2D eigenvalue weighted by Gasteiger charge is -2.38. The normalized spacial score (nSPS) is 16.9.